The van der Waals surface area contributed by atoms with E-state index in [4.69, 9.17) is 9.68 Å². The minimum atomic E-state index is 0.724. The number of benzene rings is 1. The lowest BCUT2D eigenvalue weighted by molar-refractivity contribution is -0.260. The SMILES string of the molecule is CNN1Oc2ccccc2O1. The standard InChI is InChI=1S/C7H8N2O2/c1-8-9-10-6-4-2-3-5-7(6)11-9/h2-5,8H,1H3. The molecule has 0 amide bonds. The number of rotatable bonds is 1. The summed E-state index contributed by atoms with van der Waals surface area (Å²) < 4.78 is 0. The molecule has 1 N–H and O–H groups in total. The summed E-state index contributed by atoms with van der Waals surface area (Å²) in [4.78, 5) is 10.3. The Bertz CT molecular complexity index is 239. The first-order chi connectivity index (χ1) is 5.40. The molecule has 0 aliphatic carbocycles. The van der Waals surface area contributed by atoms with Crippen molar-refractivity contribution in [1.29, 1.82) is 0 Å². The van der Waals surface area contributed by atoms with Crippen LogP contribution in [0.25, 0.3) is 0 Å². The fourth-order valence-electron chi connectivity index (χ4n) is 0.890. The highest BCUT2D eigenvalue weighted by Crippen LogP contribution is 2.31. The molecular weight excluding hydrogens is 144 g/mol. The van der Waals surface area contributed by atoms with Gasteiger partial charge in [0.25, 0.3) is 0 Å². The van der Waals surface area contributed by atoms with E-state index in [0.717, 1.165) is 11.5 Å². The van der Waals surface area contributed by atoms with Gasteiger partial charge < -0.3 is 9.68 Å². The summed E-state index contributed by atoms with van der Waals surface area (Å²) >= 11 is 0. The van der Waals surface area contributed by atoms with Crippen molar-refractivity contribution in [3.63, 3.8) is 0 Å². The van der Waals surface area contributed by atoms with Gasteiger partial charge in [0.05, 0.1) is 0 Å². The monoisotopic (exact) mass is 152 g/mol. The summed E-state index contributed by atoms with van der Waals surface area (Å²) in [5, 5.41) is 1.20. The highest BCUT2D eigenvalue weighted by atomic mass is 17.0. The van der Waals surface area contributed by atoms with Crippen LogP contribution in [0.2, 0.25) is 0 Å². The van der Waals surface area contributed by atoms with Gasteiger partial charge in [0.1, 0.15) is 5.34 Å². The maximum Gasteiger partial charge on any atom is 0.197 e. The second kappa shape index (κ2) is 2.41. The molecule has 0 aromatic heterocycles. The Balaban J connectivity index is 2.27. The number of para-hydroxylation sites is 2. The third kappa shape index (κ3) is 1.02. The van der Waals surface area contributed by atoms with Gasteiger partial charge in [0.2, 0.25) is 0 Å². The van der Waals surface area contributed by atoms with Crippen molar-refractivity contribution in [2.75, 3.05) is 7.05 Å². The van der Waals surface area contributed by atoms with Gasteiger partial charge in [-0.3, -0.25) is 0 Å². The Morgan fingerprint density at radius 3 is 2.18 bits per heavy atom. The van der Waals surface area contributed by atoms with Crippen LogP contribution in [0.15, 0.2) is 24.3 Å². The van der Waals surface area contributed by atoms with Gasteiger partial charge in [-0.05, 0) is 12.1 Å². The molecular formula is C7H8N2O2. The maximum atomic E-state index is 5.16. The lowest BCUT2D eigenvalue weighted by Crippen LogP contribution is -2.36. The third-order valence-electron chi connectivity index (χ3n) is 1.39. The summed E-state index contributed by atoms with van der Waals surface area (Å²) in [6, 6.07) is 7.46. The molecule has 1 heterocycles. The number of hydrogen-bond acceptors (Lipinski definition) is 4. The molecule has 1 aromatic rings. The minimum Gasteiger partial charge on any atom is -0.354 e. The van der Waals surface area contributed by atoms with Crippen molar-refractivity contribution in [3.05, 3.63) is 24.3 Å². The molecule has 4 heteroatoms. The zero-order valence-electron chi connectivity index (χ0n) is 6.07. The van der Waals surface area contributed by atoms with Crippen molar-refractivity contribution < 1.29 is 9.68 Å². The molecule has 11 heavy (non-hydrogen) atoms. The number of nitrogens with zero attached hydrogens (tertiary/aromatic N) is 1. The molecule has 0 radical (unpaired) electrons. The molecule has 58 valence electrons. The Kier molecular flexibility index (Phi) is 1.41. The van der Waals surface area contributed by atoms with Gasteiger partial charge in [-0.15, -0.1) is 0 Å². The van der Waals surface area contributed by atoms with Crippen LogP contribution in [0.4, 0.5) is 0 Å². The molecule has 0 fully saturated rings. The molecule has 0 saturated heterocycles. The normalized spacial score (nSPS) is 15.4. The van der Waals surface area contributed by atoms with E-state index in [1.165, 1.54) is 5.34 Å². The Morgan fingerprint density at radius 1 is 1.18 bits per heavy atom. The van der Waals surface area contributed by atoms with Crippen molar-refractivity contribution >= 4 is 0 Å². The fraction of sp³-hybridized carbons (Fsp3) is 0.143. The zero-order valence-corrected chi connectivity index (χ0v) is 6.07. The predicted molar refractivity (Wildman–Crippen MR) is 38.6 cm³/mol. The Hall–Kier alpha value is -1.26. The molecule has 1 aliphatic rings. The number of hydrazine groups is 1. The predicted octanol–water partition coefficient (Wildman–Crippen LogP) is 0.724. The van der Waals surface area contributed by atoms with Gasteiger partial charge in [-0.1, -0.05) is 12.1 Å². The zero-order chi connectivity index (χ0) is 7.68. The highest BCUT2D eigenvalue weighted by molar-refractivity contribution is 5.40. The van der Waals surface area contributed by atoms with Gasteiger partial charge in [-0.25, -0.2) is 0 Å². The topological polar surface area (TPSA) is 33.7 Å². The van der Waals surface area contributed by atoms with Crippen molar-refractivity contribution in [3.8, 4) is 11.5 Å². The van der Waals surface area contributed by atoms with Crippen LogP contribution >= 0.6 is 0 Å². The van der Waals surface area contributed by atoms with Crippen LogP contribution in [0.5, 0.6) is 11.5 Å². The van der Waals surface area contributed by atoms with Crippen LogP contribution in [0, 0.1) is 0 Å². The number of hydrogen-bond donors (Lipinski definition) is 1. The number of nitrogens with one attached hydrogen (secondary N) is 1. The first kappa shape index (κ1) is 6.45. The molecule has 2 rings (SSSR count). The van der Waals surface area contributed by atoms with Crippen LogP contribution in [0.3, 0.4) is 0 Å². The largest absolute Gasteiger partial charge is 0.354 e. The number of fused-ring (bicyclic) bond motifs is 1. The lowest BCUT2D eigenvalue weighted by atomic mass is 10.3. The van der Waals surface area contributed by atoms with E-state index in [1.54, 1.807) is 7.05 Å². The molecule has 4 nitrogen and oxygen atoms in total. The highest BCUT2D eigenvalue weighted by Gasteiger charge is 2.20. The third-order valence-corrected chi connectivity index (χ3v) is 1.39. The second-order valence-electron chi connectivity index (χ2n) is 2.11. The van der Waals surface area contributed by atoms with E-state index in [0.29, 0.717) is 0 Å². The summed E-state index contributed by atoms with van der Waals surface area (Å²) in [7, 11) is 1.71. The lowest BCUT2D eigenvalue weighted by Gasteiger charge is -2.08. The molecule has 1 aromatic carbocycles. The average Bonchev–Trinajstić information content (AvgIpc) is 2.46. The quantitative estimate of drug-likeness (QED) is 0.643. The smallest absolute Gasteiger partial charge is 0.197 e. The molecule has 0 bridgehead atoms. The van der Waals surface area contributed by atoms with Gasteiger partial charge in [-0.2, -0.15) is 5.43 Å². The average molecular weight is 152 g/mol. The summed E-state index contributed by atoms with van der Waals surface area (Å²) in [5.41, 5.74) is 2.70. The van der Waals surface area contributed by atoms with Gasteiger partial charge >= 0.3 is 0 Å². The van der Waals surface area contributed by atoms with Crippen molar-refractivity contribution in [2.24, 2.45) is 0 Å². The van der Waals surface area contributed by atoms with Crippen molar-refractivity contribution in [2.45, 2.75) is 0 Å². The summed E-state index contributed by atoms with van der Waals surface area (Å²) in [6.45, 7) is 0. The second-order valence-corrected chi connectivity index (χ2v) is 2.11. The van der Waals surface area contributed by atoms with E-state index in [-0.39, 0.29) is 0 Å². The van der Waals surface area contributed by atoms with E-state index < -0.39 is 0 Å². The van der Waals surface area contributed by atoms with Crippen LogP contribution < -0.4 is 15.1 Å². The molecule has 0 spiro atoms. The Labute approximate surface area is 64.2 Å². The van der Waals surface area contributed by atoms with Crippen molar-refractivity contribution in [1.82, 2.24) is 10.8 Å². The minimum absolute atomic E-state index is 0.724. The first-order valence-electron chi connectivity index (χ1n) is 3.32. The van der Waals surface area contributed by atoms with Crippen LogP contribution in [-0.4, -0.2) is 12.4 Å². The van der Waals surface area contributed by atoms with Gasteiger partial charge in [0.15, 0.2) is 11.5 Å². The first-order valence-corrected chi connectivity index (χ1v) is 3.32. The van der Waals surface area contributed by atoms with Gasteiger partial charge in [0, 0.05) is 7.05 Å². The van der Waals surface area contributed by atoms with Crippen LogP contribution in [0.1, 0.15) is 0 Å². The van der Waals surface area contributed by atoms with E-state index in [2.05, 4.69) is 5.43 Å². The molecule has 0 saturated carbocycles. The fourth-order valence-corrected chi connectivity index (χ4v) is 0.890. The van der Waals surface area contributed by atoms with Crippen LogP contribution in [-0.2, 0) is 0 Å². The van der Waals surface area contributed by atoms with E-state index >= 15 is 0 Å². The van der Waals surface area contributed by atoms with E-state index in [9.17, 15) is 0 Å². The maximum absolute atomic E-state index is 5.16. The summed E-state index contributed by atoms with van der Waals surface area (Å²) in [5.74, 6) is 1.45. The van der Waals surface area contributed by atoms with E-state index in [1.807, 2.05) is 24.3 Å². The molecule has 0 unspecified atom stereocenters. The Morgan fingerprint density at radius 2 is 1.73 bits per heavy atom. The molecule has 1 aliphatic heterocycles. The molecule has 0 atom stereocenters. The summed E-state index contributed by atoms with van der Waals surface area (Å²) in [6.07, 6.45) is 0.